The minimum absolute atomic E-state index is 0.0283. The summed E-state index contributed by atoms with van der Waals surface area (Å²) in [5.41, 5.74) is 0.445. The van der Waals surface area contributed by atoms with E-state index in [1.165, 1.54) is 49.6 Å². The van der Waals surface area contributed by atoms with E-state index in [0.717, 1.165) is 6.54 Å². The molecule has 1 amide bonds. The normalized spacial score (nSPS) is 16.9. The molecule has 0 radical (unpaired) electrons. The summed E-state index contributed by atoms with van der Waals surface area (Å²) in [5.74, 6) is -0.750. The van der Waals surface area contributed by atoms with Crippen LogP contribution in [-0.4, -0.2) is 40.6 Å². The first-order valence-electron chi connectivity index (χ1n) is 8.37. The Labute approximate surface area is 157 Å². The lowest BCUT2D eigenvalue weighted by Gasteiger charge is -2.14. The number of nitrogens with one attached hydrogen (secondary N) is 3. The largest absolute Gasteiger partial charge is 0.496 e. The number of rotatable bonds is 6. The van der Waals surface area contributed by atoms with Crippen molar-refractivity contribution < 1.29 is 22.3 Å². The summed E-state index contributed by atoms with van der Waals surface area (Å²) in [4.78, 5) is 12.6. The number of methoxy groups -OCH3 is 1. The lowest BCUT2D eigenvalue weighted by Crippen LogP contribution is -2.36. The van der Waals surface area contributed by atoms with Crippen molar-refractivity contribution in [2.45, 2.75) is 17.4 Å². The summed E-state index contributed by atoms with van der Waals surface area (Å²) in [6.07, 6.45) is 0.702. The van der Waals surface area contributed by atoms with E-state index in [1.54, 1.807) is 0 Å². The summed E-state index contributed by atoms with van der Waals surface area (Å²) in [6.45, 7) is 1.31. The number of amides is 1. The van der Waals surface area contributed by atoms with Crippen molar-refractivity contribution in [1.29, 1.82) is 0 Å². The summed E-state index contributed by atoms with van der Waals surface area (Å²) in [5, 5.41) is 5.69. The molecule has 9 heteroatoms. The Bertz CT molecular complexity index is 926. The number of hydrogen-bond donors (Lipinski definition) is 3. The molecule has 0 spiro atoms. The van der Waals surface area contributed by atoms with E-state index in [4.69, 9.17) is 4.74 Å². The van der Waals surface area contributed by atoms with Crippen molar-refractivity contribution >= 4 is 21.6 Å². The van der Waals surface area contributed by atoms with E-state index in [1.807, 2.05) is 0 Å². The van der Waals surface area contributed by atoms with Gasteiger partial charge in [-0.1, -0.05) is 0 Å². The summed E-state index contributed by atoms with van der Waals surface area (Å²) in [7, 11) is -2.39. The van der Waals surface area contributed by atoms with Crippen LogP contribution >= 0.6 is 0 Å². The Balaban J connectivity index is 1.86. The maximum Gasteiger partial charge on any atom is 0.259 e. The molecule has 1 heterocycles. The van der Waals surface area contributed by atoms with Crippen LogP contribution in [0, 0.1) is 5.82 Å². The van der Waals surface area contributed by atoms with Crippen LogP contribution in [0.25, 0.3) is 0 Å². The average molecular weight is 393 g/mol. The maximum absolute atomic E-state index is 13.0. The second-order valence-electron chi connectivity index (χ2n) is 6.13. The van der Waals surface area contributed by atoms with E-state index < -0.39 is 21.7 Å². The van der Waals surface area contributed by atoms with Gasteiger partial charge in [0.05, 0.1) is 17.6 Å². The molecule has 2 aromatic carbocycles. The van der Waals surface area contributed by atoms with Crippen LogP contribution in [0.2, 0.25) is 0 Å². The van der Waals surface area contributed by atoms with E-state index in [2.05, 4.69) is 15.4 Å². The molecule has 1 aliphatic rings. The molecule has 1 aliphatic heterocycles. The van der Waals surface area contributed by atoms with Gasteiger partial charge in [-0.2, -0.15) is 0 Å². The van der Waals surface area contributed by atoms with Gasteiger partial charge in [0.1, 0.15) is 11.6 Å². The number of sulfonamides is 1. The number of hydrogen-bond acceptors (Lipinski definition) is 5. The van der Waals surface area contributed by atoms with Gasteiger partial charge in [-0.15, -0.1) is 0 Å². The Morgan fingerprint density at radius 1 is 1.22 bits per heavy atom. The SMILES string of the molecule is COc1ccc(S(=O)(=O)NC2CCNC2)cc1C(=O)Nc1ccc(F)cc1. The molecule has 1 unspecified atom stereocenters. The van der Waals surface area contributed by atoms with Crippen molar-refractivity contribution in [2.75, 3.05) is 25.5 Å². The highest BCUT2D eigenvalue weighted by Crippen LogP contribution is 2.24. The van der Waals surface area contributed by atoms with Gasteiger partial charge in [0.15, 0.2) is 0 Å². The van der Waals surface area contributed by atoms with Crippen LogP contribution in [0.5, 0.6) is 5.75 Å². The Kier molecular flexibility index (Phi) is 5.73. The van der Waals surface area contributed by atoms with Crippen molar-refractivity contribution in [3.63, 3.8) is 0 Å². The lowest BCUT2D eigenvalue weighted by atomic mass is 10.2. The van der Waals surface area contributed by atoms with Gasteiger partial charge < -0.3 is 15.4 Å². The second kappa shape index (κ2) is 8.03. The van der Waals surface area contributed by atoms with Crippen LogP contribution in [0.4, 0.5) is 10.1 Å². The lowest BCUT2D eigenvalue weighted by molar-refractivity contribution is 0.102. The number of halogens is 1. The van der Waals surface area contributed by atoms with Crippen molar-refractivity contribution in [3.8, 4) is 5.75 Å². The number of anilines is 1. The minimum atomic E-state index is -3.78. The summed E-state index contributed by atoms with van der Waals surface area (Å²) in [6, 6.07) is 9.15. The average Bonchev–Trinajstić information content (AvgIpc) is 3.15. The number of carbonyl (C=O) groups is 1. The zero-order valence-electron chi connectivity index (χ0n) is 14.7. The zero-order chi connectivity index (χ0) is 19.4. The van der Waals surface area contributed by atoms with Gasteiger partial charge >= 0.3 is 0 Å². The van der Waals surface area contributed by atoms with Gasteiger partial charge in [0, 0.05) is 18.3 Å². The van der Waals surface area contributed by atoms with Gasteiger partial charge in [0.25, 0.3) is 5.91 Å². The molecule has 0 bridgehead atoms. The molecule has 1 atom stereocenters. The summed E-state index contributed by atoms with van der Waals surface area (Å²) >= 11 is 0. The molecule has 7 nitrogen and oxygen atoms in total. The molecule has 2 aromatic rings. The van der Waals surface area contributed by atoms with Gasteiger partial charge in [-0.05, 0) is 55.4 Å². The molecule has 1 fully saturated rings. The molecular formula is C18H20FN3O4S. The van der Waals surface area contributed by atoms with Crippen LogP contribution in [0.15, 0.2) is 47.4 Å². The van der Waals surface area contributed by atoms with Crippen LogP contribution in [0.1, 0.15) is 16.8 Å². The Morgan fingerprint density at radius 3 is 2.59 bits per heavy atom. The van der Waals surface area contributed by atoms with Gasteiger partial charge in [-0.25, -0.2) is 17.5 Å². The quantitative estimate of drug-likeness (QED) is 0.695. The predicted octanol–water partition coefficient (Wildman–Crippen LogP) is 1.73. The topological polar surface area (TPSA) is 96.5 Å². The van der Waals surface area contributed by atoms with Crippen LogP contribution < -0.4 is 20.1 Å². The first-order valence-corrected chi connectivity index (χ1v) is 9.85. The van der Waals surface area contributed by atoms with Crippen molar-refractivity contribution in [2.24, 2.45) is 0 Å². The van der Waals surface area contributed by atoms with E-state index >= 15 is 0 Å². The third-order valence-electron chi connectivity index (χ3n) is 4.21. The van der Waals surface area contributed by atoms with Crippen LogP contribution in [-0.2, 0) is 10.0 Å². The number of benzene rings is 2. The van der Waals surface area contributed by atoms with Gasteiger partial charge in [0.2, 0.25) is 10.0 Å². The first-order chi connectivity index (χ1) is 12.9. The molecule has 27 heavy (non-hydrogen) atoms. The molecule has 3 N–H and O–H groups in total. The maximum atomic E-state index is 13.0. The Hall–Kier alpha value is -2.49. The molecule has 0 saturated carbocycles. The van der Waals surface area contributed by atoms with Crippen LogP contribution in [0.3, 0.4) is 0 Å². The third kappa shape index (κ3) is 4.62. The fourth-order valence-corrected chi connectivity index (χ4v) is 4.10. The molecule has 144 valence electrons. The molecule has 1 saturated heterocycles. The second-order valence-corrected chi connectivity index (χ2v) is 7.85. The smallest absolute Gasteiger partial charge is 0.259 e. The third-order valence-corrected chi connectivity index (χ3v) is 5.73. The van der Waals surface area contributed by atoms with E-state index in [0.29, 0.717) is 18.7 Å². The molecular weight excluding hydrogens is 373 g/mol. The van der Waals surface area contributed by atoms with E-state index in [9.17, 15) is 17.6 Å². The Morgan fingerprint density at radius 2 is 1.96 bits per heavy atom. The summed E-state index contributed by atoms with van der Waals surface area (Å²) < 4.78 is 46.0. The van der Waals surface area contributed by atoms with Gasteiger partial charge in [-0.3, -0.25) is 4.79 Å². The standard InChI is InChI=1S/C18H20FN3O4S/c1-26-17-7-6-15(27(24,25)22-14-8-9-20-11-14)10-16(17)18(23)21-13-4-2-12(19)3-5-13/h2-7,10,14,20,22H,8-9,11H2,1H3,(H,21,23). The molecule has 0 aliphatic carbocycles. The number of ether oxygens (including phenoxy) is 1. The highest BCUT2D eigenvalue weighted by atomic mass is 32.2. The van der Waals surface area contributed by atoms with Crippen molar-refractivity contribution in [3.05, 3.63) is 53.8 Å². The predicted molar refractivity (Wildman–Crippen MR) is 98.9 cm³/mol. The van der Waals surface area contributed by atoms with Crippen molar-refractivity contribution in [1.82, 2.24) is 10.0 Å². The fraction of sp³-hybridized carbons (Fsp3) is 0.278. The highest BCUT2D eigenvalue weighted by Gasteiger charge is 2.24. The minimum Gasteiger partial charge on any atom is -0.496 e. The highest BCUT2D eigenvalue weighted by molar-refractivity contribution is 7.89. The zero-order valence-corrected chi connectivity index (χ0v) is 15.5. The monoisotopic (exact) mass is 393 g/mol. The first kappa shape index (κ1) is 19.3. The number of carbonyl (C=O) groups excluding carboxylic acids is 1. The molecule has 3 rings (SSSR count). The molecule has 0 aromatic heterocycles. The fourth-order valence-electron chi connectivity index (χ4n) is 2.81. The van der Waals surface area contributed by atoms with E-state index in [-0.39, 0.29) is 22.3 Å².